The van der Waals surface area contributed by atoms with E-state index in [0.29, 0.717) is 21.6 Å². The standard InChI is InChI=1S/C8H6ClN3O2/c9-6-3-10-8-5(2-11-12-8)4(6)1-7(13)14/h2-3H,1H2,(H,13,14)(H,10,11,12). The van der Waals surface area contributed by atoms with Crippen molar-refractivity contribution in [3.05, 3.63) is 23.0 Å². The molecule has 6 heteroatoms. The number of aliphatic carboxylic acids is 1. The van der Waals surface area contributed by atoms with Gasteiger partial charge in [0.1, 0.15) is 0 Å². The Bertz CT molecular complexity index is 494. The number of fused-ring (bicyclic) bond motifs is 1. The lowest BCUT2D eigenvalue weighted by Gasteiger charge is -2.00. The highest BCUT2D eigenvalue weighted by Crippen LogP contribution is 2.23. The van der Waals surface area contributed by atoms with Gasteiger partial charge in [0, 0.05) is 11.6 Å². The van der Waals surface area contributed by atoms with Gasteiger partial charge in [0.25, 0.3) is 0 Å². The fourth-order valence-corrected chi connectivity index (χ4v) is 1.47. The Morgan fingerprint density at radius 2 is 2.36 bits per heavy atom. The molecule has 2 aromatic rings. The summed E-state index contributed by atoms with van der Waals surface area (Å²) < 4.78 is 0. The number of pyridine rings is 1. The van der Waals surface area contributed by atoms with Crippen LogP contribution in [0.2, 0.25) is 5.02 Å². The van der Waals surface area contributed by atoms with Gasteiger partial charge in [-0.25, -0.2) is 4.98 Å². The number of rotatable bonds is 2. The van der Waals surface area contributed by atoms with Crippen LogP contribution in [0.3, 0.4) is 0 Å². The second-order valence-corrected chi connectivity index (χ2v) is 3.19. The molecular weight excluding hydrogens is 206 g/mol. The molecule has 0 saturated carbocycles. The highest BCUT2D eigenvalue weighted by molar-refractivity contribution is 6.32. The average molecular weight is 212 g/mol. The molecule has 2 rings (SSSR count). The fraction of sp³-hybridized carbons (Fsp3) is 0.125. The molecule has 0 amide bonds. The van der Waals surface area contributed by atoms with Crippen LogP contribution in [0, 0.1) is 0 Å². The van der Waals surface area contributed by atoms with E-state index in [0.717, 1.165) is 0 Å². The maximum absolute atomic E-state index is 10.6. The number of carbonyl (C=O) groups is 1. The number of aromatic nitrogens is 3. The van der Waals surface area contributed by atoms with E-state index >= 15 is 0 Å². The molecule has 0 atom stereocenters. The van der Waals surface area contributed by atoms with Crippen molar-refractivity contribution < 1.29 is 9.90 Å². The van der Waals surface area contributed by atoms with Gasteiger partial charge in [0.2, 0.25) is 0 Å². The third kappa shape index (κ3) is 1.42. The summed E-state index contributed by atoms with van der Waals surface area (Å²) in [5, 5.41) is 16.1. The molecule has 0 aliphatic heterocycles. The number of nitrogens with zero attached hydrogens (tertiary/aromatic N) is 2. The van der Waals surface area contributed by atoms with Gasteiger partial charge < -0.3 is 5.11 Å². The molecule has 0 radical (unpaired) electrons. The highest BCUT2D eigenvalue weighted by Gasteiger charge is 2.11. The zero-order chi connectivity index (χ0) is 10.1. The molecule has 0 fully saturated rings. The Kier molecular flexibility index (Phi) is 2.09. The van der Waals surface area contributed by atoms with Crippen molar-refractivity contribution in [2.75, 3.05) is 0 Å². The van der Waals surface area contributed by atoms with Crippen molar-refractivity contribution in [2.24, 2.45) is 0 Å². The van der Waals surface area contributed by atoms with Gasteiger partial charge in [-0.2, -0.15) is 5.10 Å². The largest absolute Gasteiger partial charge is 0.481 e. The van der Waals surface area contributed by atoms with Gasteiger partial charge in [-0.15, -0.1) is 0 Å². The van der Waals surface area contributed by atoms with Crippen molar-refractivity contribution in [1.82, 2.24) is 15.2 Å². The number of H-pyrrole nitrogens is 1. The molecule has 2 N–H and O–H groups in total. The van der Waals surface area contributed by atoms with Crippen LogP contribution in [0.5, 0.6) is 0 Å². The molecule has 5 nitrogen and oxygen atoms in total. The first-order chi connectivity index (χ1) is 6.68. The first-order valence-corrected chi connectivity index (χ1v) is 4.24. The highest BCUT2D eigenvalue weighted by atomic mass is 35.5. The van der Waals surface area contributed by atoms with Crippen molar-refractivity contribution in [2.45, 2.75) is 6.42 Å². The average Bonchev–Trinajstić information content (AvgIpc) is 2.57. The molecule has 2 aromatic heterocycles. The zero-order valence-corrected chi connectivity index (χ0v) is 7.75. The Morgan fingerprint density at radius 3 is 3.07 bits per heavy atom. The lowest BCUT2D eigenvalue weighted by Crippen LogP contribution is -2.01. The second kappa shape index (κ2) is 3.26. The first-order valence-electron chi connectivity index (χ1n) is 3.86. The van der Waals surface area contributed by atoms with Crippen LogP contribution >= 0.6 is 11.6 Å². The van der Waals surface area contributed by atoms with Gasteiger partial charge in [-0.05, 0) is 5.56 Å². The van der Waals surface area contributed by atoms with Gasteiger partial charge >= 0.3 is 5.97 Å². The second-order valence-electron chi connectivity index (χ2n) is 2.79. The van der Waals surface area contributed by atoms with Gasteiger partial charge in [0.15, 0.2) is 5.65 Å². The van der Waals surface area contributed by atoms with Gasteiger partial charge in [-0.3, -0.25) is 9.89 Å². The monoisotopic (exact) mass is 211 g/mol. The Morgan fingerprint density at radius 1 is 1.57 bits per heavy atom. The van der Waals surface area contributed by atoms with Crippen LogP contribution in [0.25, 0.3) is 11.0 Å². The minimum atomic E-state index is -0.930. The van der Waals surface area contributed by atoms with Crippen LogP contribution in [0.1, 0.15) is 5.56 Å². The summed E-state index contributed by atoms with van der Waals surface area (Å²) in [6.45, 7) is 0. The summed E-state index contributed by atoms with van der Waals surface area (Å²) in [7, 11) is 0. The maximum atomic E-state index is 10.6. The molecule has 0 unspecified atom stereocenters. The summed E-state index contributed by atoms with van der Waals surface area (Å²) in [6.07, 6.45) is 2.81. The molecule has 14 heavy (non-hydrogen) atoms. The van der Waals surface area contributed by atoms with Crippen LogP contribution in [-0.2, 0) is 11.2 Å². The van der Waals surface area contributed by atoms with Crippen LogP contribution in [0.4, 0.5) is 0 Å². The summed E-state index contributed by atoms with van der Waals surface area (Å²) >= 11 is 5.84. The summed E-state index contributed by atoms with van der Waals surface area (Å²) in [4.78, 5) is 14.5. The molecule has 0 aliphatic rings. The molecule has 0 bridgehead atoms. The van der Waals surface area contributed by atoms with Gasteiger partial charge in [0.05, 0.1) is 17.6 Å². The Balaban J connectivity index is 2.64. The number of nitrogens with one attached hydrogen (secondary N) is 1. The predicted molar refractivity (Wildman–Crippen MR) is 50.2 cm³/mol. The number of hydrogen-bond donors (Lipinski definition) is 2. The van der Waals surface area contributed by atoms with E-state index < -0.39 is 5.97 Å². The van der Waals surface area contributed by atoms with Crippen molar-refractivity contribution >= 4 is 28.6 Å². The quantitative estimate of drug-likeness (QED) is 0.783. The minimum Gasteiger partial charge on any atom is -0.481 e. The van der Waals surface area contributed by atoms with Gasteiger partial charge in [-0.1, -0.05) is 11.6 Å². The van der Waals surface area contributed by atoms with E-state index in [9.17, 15) is 4.79 Å². The molecule has 0 aromatic carbocycles. The maximum Gasteiger partial charge on any atom is 0.307 e. The third-order valence-electron chi connectivity index (χ3n) is 1.87. The molecule has 2 heterocycles. The van der Waals surface area contributed by atoms with Crippen molar-refractivity contribution in [3.8, 4) is 0 Å². The lowest BCUT2D eigenvalue weighted by atomic mass is 10.1. The zero-order valence-electron chi connectivity index (χ0n) is 6.99. The SMILES string of the molecule is O=C(O)Cc1c(Cl)cnc2[nH]ncc12. The van der Waals surface area contributed by atoms with Crippen molar-refractivity contribution in [1.29, 1.82) is 0 Å². The van der Waals surface area contributed by atoms with E-state index in [2.05, 4.69) is 15.2 Å². The normalized spacial score (nSPS) is 10.6. The molecule has 0 aliphatic carbocycles. The van der Waals surface area contributed by atoms with Crippen LogP contribution in [0.15, 0.2) is 12.4 Å². The number of aromatic amines is 1. The number of halogens is 1. The van der Waals surface area contributed by atoms with Crippen LogP contribution < -0.4 is 0 Å². The number of carboxylic acid groups (broad SMARTS) is 1. The van der Waals surface area contributed by atoms with Crippen molar-refractivity contribution in [3.63, 3.8) is 0 Å². The minimum absolute atomic E-state index is 0.128. The molecule has 72 valence electrons. The smallest absolute Gasteiger partial charge is 0.307 e. The number of hydrogen-bond acceptors (Lipinski definition) is 3. The Hall–Kier alpha value is -1.62. The predicted octanol–water partition coefficient (Wildman–Crippen LogP) is 1.24. The number of carboxylic acids is 1. The summed E-state index contributed by atoms with van der Waals surface area (Å²) in [5.74, 6) is -0.930. The van der Waals surface area contributed by atoms with E-state index in [1.807, 2.05) is 0 Å². The molecule has 0 saturated heterocycles. The molecular formula is C8H6ClN3O2. The topological polar surface area (TPSA) is 78.9 Å². The summed E-state index contributed by atoms with van der Waals surface area (Å²) in [5.41, 5.74) is 1.09. The van der Waals surface area contributed by atoms with E-state index in [1.165, 1.54) is 12.4 Å². The van der Waals surface area contributed by atoms with E-state index in [1.54, 1.807) is 0 Å². The van der Waals surface area contributed by atoms with E-state index in [-0.39, 0.29) is 6.42 Å². The van der Waals surface area contributed by atoms with E-state index in [4.69, 9.17) is 16.7 Å². The summed E-state index contributed by atoms with van der Waals surface area (Å²) in [6, 6.07) is 0. The Labute approximate surface area is 83.7 Å². The molecule has 0 spiro atoms. The van der Waals surface area contributed by atoms with Crippen LogP contribution in [-0.4, -0.2) is 26.3 Å². The fourth-order valence-electron chi connectivity index (χ4n) is 1.26. The third-order valence-corrected chi connectivity index (χ3v) is 2.19. The lowest BCUT2D eigenvalue weighted by molar-refractivity contribution is -0.136. The first kappa shape index (κ1) is 8.96.